The summed E-state index contributed by atoms with van der Waals surface area (Å²) in [6, 6.07) is 2.29. The zero-order valence-electron chi connectivity index (χ0n) is 14.0. The molecule has 0 radical (unpaired) electrons. The van der Waals surface area contributed by atoms with Crippen LogP contribution in [0.25, 0.3) is 0 Å². The number of benzene rings is 1. The topological polar surface area (TPSA) is 61.4 Å². The molecule has 0 aliphatic carbocycles. The van der Waals surface area contributed by atoms with Crippen LogP contribution in [0.1, 0.15) is 51.6 Å². The van der Waals surface area contributed by atoms with Crippen LogP contribution in [0.4, 0.5) is 13.6 Å². The molecule has 23 heavy (non-hydrogen) atoms. The Morgan fingerprint density at radius 3 is 2.48 bits per heavy atom. The molecule has 0 bridgehead atoms. The minimum absolute atomic E-state index is 0.0716. The molecule has 0 saturated heterocycles. The molecule has 0 spiro atoms. The molecule has 3 N–H and O–H groups in total. The molecule has 0 aliphatic heterocycles. The van der Waals surface area contributed by atoms with E-state index >= 15 is 0 Å². The molecule has 0 fully saturated rings. The molecule has 1 aromatic rings. The fourth-order valence-electron chi connectivity index (χ4n) is 2.62. The summed E-state index contributed by atoms with van der Waals surface area (Å²) < 4.78 is 26.6. The van der Waals surface area contributed by atoms with Gasteiger partial charge < -0.3 is 15.7 Å². The van der Waals surface area contributed by atoms with Gasteiger partial charge in [-0.05, 0) is 37.7 Å². The minimum atomic E-state index is -0.686. The Hall–Kier alpha value is -1.69. The maximum atomic E-state index is 13.7. The van der Waals surface area contributed by atoms with Gasteiger partial charge in [-0.15, -0.1) is 0 Å². The Morgan fingerprint density at radius 2 is 1.96 bits per heavy atom. The van der Waals surface area contributed by atoms with E-state index in [4.69, 9.17) is 0 Å². The molecule has 1 unspecified atom stereocenters. The van der Waals surface area contributed by atoms with Gasteiger partial charge >= 0.3 is 6.03 Å². The van der Waals surface area contributed by atoms with Crippen molar-refractivity contribution in [3.05, 3.63) is 35.4 Å². The first-order valence-corrected chi connectivity index (χ1v) is 7.97. The molecule has 1 aromatic carbocycles. The van der Waals surface area contributed by atoms with E-state index in [0.29, 0.717) is 13.0 Å². The van der Waals surface area contributed by atoms with Gasteiger partial charge in [-0.1, -0.05) is 19.9 Å². The fraction of sp³-hybridized carbons (Fsp3) is 0.588. The van der Waals surface area contributed by atoms with Crippen molar-refractivity contribution in [3.63, 3.8) is 0 Å². The summed E-state index contributed by atoms with van der Waals surface area (Å²) in [5.74, 6) is -1.34. The summed E-state index contributed by atoms with van der Waals surface area (Å²) in [6.45, 7) is 6.19. The van der Waals surface area contributed by atoms with E-state index in [1.807, 2.05) is 13.8 Å². The fourth-order valence-corrected chi connectivity index (χ4v) is 2.62. The number of rotatable bonds is 8. The average Bonchev–Trinajstić information content (AvgIpc) is 2.51. The number of nitrogens with one attached hydrogen (secondary N) is 2. The Bertz CT molecular complexity index is 519. The van der Waals surface area contributed by atoms with Gasteiger partial charge in [0.05, 0.1) is 6.04 Å². The molecule has 6 heteroatoms. The number of hydrogen-bond acceptors (Lipinski definition) is 2. The highest BCUT2D eigenvalue weighted by molar-refractivity contribution is 5.74. The van der Waals surface area contributed by atoms with Crippen LogP contribution in [-0.2, 0) is 0 Å². The molecule has 0 heterocycles. The van der Waals surface area contributed by atoms with Gasteiger partial charge in [-0.25, -0.2) is 13.6 Å². The Balaban J connectivity index is 2.62. The summed E-state index contributed by atoms with van der Waals surface area (Å²) in [4.78, 5) is 12.0. The van der Waals surface area contributed by atoms with Crippen LogP contribution in [0.2, 0.25) is 0 Å². The van der Waals surface area contributed by atoms with E-state index in [9.17, 15) is 18.7 Å². The Kier molecular flexibility index (Phi) is 7.42. The highest BCUT2D eigenvalue weighted by atomic mass is 19.1. The summed E-state index contributed by atoms with van der Waals surface area (Å²) in [5, 5.41) is 14.6. The number of carbonyl (C=O) groups excluding carboxylic acids is 1. The van der Waals surface area contributed by atoms with Gasteiger partial charge in [0, 0.05) is 24.8 Å². The van der Waals surface area contributed by atoms with E-state index in [0.717, 1.165) is 25.0 Å². The van der Waals surface area contributed by atoms with Crippen LogP contribution in [0.3, 0.4) is 0 Å². The van der Waals surface area contributed by atoms with Crippen LogP contribution in [0.5, 0.6) is 0 Å². The van der Waals surface area contributed by atoms with Crippen LogP contribution >= 0.6 is 0 Å². The number of halogens is 2. The summed E-state index contributed by atoms with van der Waals surface area (Å²) in [5.41, 5.74) is 0.0883. The Morgan fingerprint density at radius 1 is 1.30 bits per heavy atom. The Labute approximate surface area is 136 Å². The number of amides is 2. The number of hydrogen-bond donors (Lipinski definition) is 3. The van der Waals surface area contributed by atoms with Crippen LogP contribution in [-0.4, -0.2) is 24.3 Å². The van der Waals surface area contributed by atoms with Crippen molar-refractivity contribution in [1.82, 2.24) is 10.6 Å². The molecule has 2 amide bonds. The van der Waals surface area contributed by atoms with Crippen molar-refractivity contribution < 1.29 is 18.7 Å². The third-order valence-corrected chi connectivity index (χ3v) is 4.54. The van der Waals surface area contributed by atoms with Gasteiger partial charge in [0.15, 0.2) is 0 Å². The molecule has 0 saturated carbocycles. The maximum Gasteiger partial charge on any atom is 0.315 e. The van der Waals surface area contributed by atoms with Crippen molar-refractivity contribution in [2.75, 3.05) is 13.2 Å². The van der Waals surface area contributed by atoms with Gasteiger partial charge in [-0.2, -0.15) is 0 Å². The third kappa shape index (κ3) is 5.46. The van der Waals surface area contributed by atoms with E-state index in [1.165, 1.54) is 6.07 Å². The summed E-state index contributed by atoms with van der Waals surface area (Å²) in [7, 11) is 0. The van der Waals surface area contributed by atoms with Crippen LogP contribution in [0.15, 0.2) is 18.2 Å². The largest absolute Gasteiger partial charge is 0.396 e. The average molecular weight is 328 g/mol. The van der Waals surface area contributed by atoms with Crippen molar-refractivity contribution in [1.29, 1.82) is 0 Å². The monoisotopic (exact) mass is 328 g/mol. The van der Waals surface area contributed by atoms with E-state index in [-0.39, 0.29) is 17.6 Å². The summed E-state index contributed by atoms with van der Waals surface area (Å²) >= 11 is 0. The number of aliphatic hydroxyl groups is 1. The third-order valence-electron chi connectivity index (χ3n) is 4.54. The van der Waals surface area contributed by atoms with Gasteiger partial charge in [-0.3, -0.25) is 0 Å². The van der Waals surface area contributed by atoms with E-state index in [2.05, 4.69) is 10.6 Å². The quantitative estimate of drug-likeness (QED) is 0.684. The lowest BCUT2D eigenvalue weighted by Gasteiger charge is -2.31. The first-order valence-electron chi connectivity index (χ1n) is 7.97. The predicted octanol–water partition coefficient (Wildman–Crippen LogP) is 3.51. The lowest BCUT2D eigenvalue weighted by atomic mass is 9.79. The van der Waals surface area contributed by atoms with Crippen molar-refractivity contribution in [2.24, 2.45) is 5.41 Å². The van der Waals surface area contributed by atoms with Gasteiger partial charge in [0.1, 0.15) is 11.6 Å². The lowest BCUT2D eigenvalue weighted by Crippen LogP contribution is -2.43. The van der Waals surface area contributed by atoms with Crippen LogP contribution in [0, 0.1) is 17.0 Å². The van der Waals surface area contributed by atoms with E-state index in [1.54, 1.807) is 6.92 Å². The van der Waals surface area contributed by atoms with Gasteiger partial charge in [0.25, 0.3) is 0 Å². The number of aliphatic hydroxyl groups excluding tert-OH is 1. The number of carbonyl (C=O) groups is 1. The summed E-state index contributed by atoms with van der Waals surface area (Å²) in [6.07, 6.45) is 2.29. The first kappa shape index (κ1) is 19.4. The van der Waals surface area contributed by atoms with Crippen LogP contribution < -0.4 is 10.6 Å². The molecular formula is C17H26F2N2O2. The van der Waals surface area contributed by atoms with Crippen molar-refractivity contribution >= 4 is 6.03 Å². The zero-order valence-corrected chi connectivity index (χ0v) is 14.0. The lowest BCUT2D eigenvalue weighted by molar-refractivity contribution is 0.163. The molecule has 1 atom stereocenters. The molecule has 0 aromatic heterocycles. The maximum absolute atomic E-state index is 13.7. The highest BCUT2D eigenvalue weighted by Crippen LogP contribution is 2.29. The molecule has 4 nitrogen and oxygen atoms in total. The predicted molar refractivity (Wildman–Crippen MR) is 86.0 cm³/mol. The second-order valence-corrected chi connectivity index (χ2v) is 5.90. The molecular weight excluding hydrogens is 302 g/mol. The zero-order chi connectivity index (χ0) is 17.5. The standard InChI is InChI=1S/C17H26F2N2O2/c1-4-17(5-2,8-9-22)11-20-16(23)21-12(3)14-7-6-13(18)10-15(14)19/h6-7,10,12,22H,4-5,8-9,11H2,1-3H3,(H2,20,21,23). The smallest absolute Gasteiger partial charge is 0.315 e. The first-order chi connectivity index (χ1) is 10.9. The minimum Gasteiger partial charge on any atom is -0.396 e. The number of urea groups is 1. The normalized spacial score (nSPS) is 12.8. The second kappa shape index (κ2) is 8.82. The molecule has 0 aliphatic rings. The van der Waals surface area contributed by atoms with Gasteiger partial charge in [0.2, 0.25) is 0 Å². The van der Waals surface area contributed by atoms with E-state index < -0.39 is 23.7 Å². The second-order valence-electron chi connectivity index (χ2n) is 5.90. The SMILES string of the molecule is CCC(CC)(CCO)CNC(=O)NC(C)c1ccc(F)cc1F. The van der Waals surface area contributed by atoms with Crippen molar-refractivity contribution in [2.45, 2.75) is 46.1 Å². The molecule has 130 valence electrons. The molecule has 1 rings (SSSR count). The van der Waals surface area contributed by atoms with Crippen molar-refractivity contribution in [3.8, 4) is 0 Å². The highest BCUT2D eigenvalue weighted by Gasteiger charge is 2.26.